The van der Waals surface area contributed by atoms with Crippen LogP contribution in [0.5, 0.6) is 0 Å². The van der Waals surface area contributed by atoms with Crippen LogP contribution in [0, 0.1) is 18.8 Å². The van der Waals surface area contributed by atoms with Gasteiger partial charge in [-0.25, -0.2) is 4.98 Å². The third kappa shape index (κ3) is 2.75. The molecule has 23 heavy (non-hydrogen) atoms. The molecule has 0 radical (unpaired) electrons. The maximum atomic E-state index is 12.8. The normalized spacial score (nSPS) is 28.0. The second kappa shape index (κ2) is 5.65. The molecular weight excluding hydrogens is 290 g/mol. The van der Waals surface area contributed by atoms with Crippen molar-refractivity contribution in [3.05, 3.63) is 11.8 Å². The van der Waals surface area contributed by atoms with Crippen molar-refractivity contribution in [1.29, 1.82) is 0 Å². The number of aromatic nitrogens is 2. The average Bonchev–Trinajstić information content (AvgIpc) is 2.73. The molecule has 1 aromatic heterocycles. The fourth-order valence-electron chi connectivity index (χ4n) is 4.16. The van der Waals surface area contributed by atoms with Gasteiger partial charge in [-0.1, -0.05) is 6.42 Å². The van der Waals surface area contributed by atoms with E-state index in [0.29, 0.717) is 17.9 Å². The number of nitrogens with zero attached hydrogens (tertiary/aromatic N) is 4. The van der Waals surface area contributed by atoms with Crippen molar-refractivity contribution in [2.75, 3.05) is 30.3 Å². The minimum atomic E-state index is 0.102. The van der Waals surface area contributed by atoms with Gasteiger partial charge in [-0.3, -0.25) is 4.79 Å². The van der Waals surface area contributed by atoms with Crippen LogP contribution in [0.25, 0.3) is 0 Å². The molecule has 4 heterocycles. The van der Waals surface area contributed by atoms with Crippen LogP contribution in [0.15, 0.2) is 6.07 Å². The number of fused-ring (bicyclic) bond motifs is 4. The van der Waals surface area contributed by atoms with Crippen molar-refractivity contribution in [3.63, 3.8) is 0 Å². The van der Waals surface area contributed by atoms with Crippen molar-refractivity contribution >= 4 is 17.7 Å². The van der Waals surface area contributed by atoms with Gasteiger partial charge in [0.05, 0.1) is 5.92 Å². The third-order valence-corrected chi connectivity index (χ3v) is 5.65. The molecule has 6 nitrogen and oxygen atoms in total. The van der Waals surface area contributed by atoms with Gasteiger partial charge in [-0.15, -0.1) is 0 Å². The second-order valence-corrected chi connectivity index (χ2v) is 7.35. The molecular formula is C17H25N5O. The van der Waals surface area contributed by atoms with Gasteiger partial charge in [0.25, 0.3) is 0 Å². The van der Waals surface area contributed by atoms with Gasteiger partial charge in [0, 0.05) is 37.4 Å². The predicted molar refractivity (Wildman–Crippen MR) is 89.0 cm³/mol. The largest absolute Gasteiger partial charge is 0.368 e. The lowest BCUT2D eigenvalue weighted by Crippen LogP contribution is -2.50. The highest BCUT2D eigenvalue weighted by Crippen LogP contribution is 2.35. The zero-order chi connectivity index (χ0) is 16.0. The minimum absolute atomic E-state index is 0.102. The summed E-state index contributed by atoms with van der Waals surface area (Å²) in [5.74, 6) is 2.36. The van der Waals surface area contributed by atoms with Crippen LogP contribution >= 0.6 is 0 Å². The molecule has 6 heteroatoms. The second-order valence-electron chi connectivity index (χ2n) is 7.35. The lowest BCUT2D eigenvalue weighted by atomic mass is 9.83. The summed E-state index contributed by atoms with van der Waals surface area (Å²) in [6, 6.07) is 2.29. The van der Waals surface area contributed by atoms with Gasteiger partial charge >= 0.3 is 0 Å². The average molecular weight is 315 g/mol. The van der Waals surface area contributed by atoms with Crippen LogP contribution in [0.4, 0.5) is 11.8 Å². The number of nitrogens with two attached hydrogens (primary N) is 1. The fourth-order valence-corrected chi connectivity index (χ4v) is 4.16. The van der Waals surface area contributed by atoms with Gasteiger partial charge < -0.3 is 15.5 Å². The first-order valence-corrected chi connectivity index (χ1v) is 8.77. The summed E-state index contributed by atoms with van der Waals surface area (Å²) in [5, 5.41) is 0. The van der Waals surface area contributed by atoms with Gasteiger partial charge in [-0.05, 0) is 38.5 Å². The molecule has 2 N–H and O–H groups in total. The fraction of sp³-hybridized carbons (Fsp3) is 0.706. The summed E-state index contributed by atoms with van der Waals surface area (Å²) in [7, 11) is 0. The molecule has 2 bridgehead atoms. The number of hydrogen-bond donors (Lipinski definition) is 1. The SMILES string of the molecule is Cc1cc(N2C[C@@H]3CC[C@H](C2)N(CC2CCC2)C3=O)nc(N)n1. The summed E-state index contributed by atoms with van der Waals surface area (Å²) >= 11 is 0. The van der Waals surface area contributed by atoms with Crippen LogP contribution in [-0.4, -0.2) is 46.5 Å². The van der Waals surface area contributed by atoms with Crippen molar-refractivity contribution in [3.8, 4) is 0 Å². The Hall–Kier alpha value is -1.85. The molecule has 1 aromatic rings. The Morgan fingerprint density at radius 1 is 1.22 bits per heavy atom. The van der Waals surface area contributed by atoms with Crippen LogP contribution in [0.2, 0.25) is 0 Å². The Morgan fingerprint density at radius 3 is 2.74 bits per heavy atom. The quantitative estimate of drug-likeness (QED) is 0.917. The van der Waals surface area contributed by atoms with Crippen LogP contribution in [-0.2, 0) is 4.79 Å². The lowest BCUT2D eigenvalue weighted by Gasteiger charge is -2.40. The van der Waals surface area contributed by atoms with E-state index in [4.69, 9.17) is 5.73 Å². The Bertz CT molecular complexity index is 595. The minimum Gasteiger partial charge on any atom is -0.368 e. The molecule has 124 valence electrons. The third-order valence-electron chi connectivity index (χ3n) is 5.65. The first kappa shape index (κ1) is 14.7. The molecule has 0 aromatic carbocycles. The van der Waals surface area contributed by atoms with E-state index in [1.807, 2.05) is 13.0 Å². The topological polar surface area (TPSA) is 75.3 Å². The Kier molecular flexibility index (Phi) is 3.62. The van der Waals surface area contributed by atoms with Gasteiger partial charge in [-0.2, -0.15) is 4.98 Å². The predicted octanol–water partition coefficient (Wildman–Crippen LogP) is 1.59. The number of aryl methyl sites for hydroxylation is 1. The molecule has 4 fully saturated rings. The van der Waals surface area contributed by atoms with Crippen LogP contribution in [0.1, 0.15) is 37.8 Å². The Labute approximate surface area is 137 Å². The number of hydrogen-bond acceptors (Lipinski definition) is 5. The number of anilines is 2. The number of amides is 1. The molecule has 3 saturated heterocycles. The number of piperidine rings is 1. The zero-order valence-electron chi connectivity index (χ0n) is 13.7. The maximum absolute atomic E-state index is 12.8. The van der Waals surface area contributed by atoms with Gasteiger partial charge in [0.1, 0.15) is 5.82 Å². The monoisotopic (exact) mass is 315 g/mol. The molecule has 3 aliphatic heterocycles. The molecule has 1 amide bonds. The number of carbonyl (C=O) groups excluding carboxylic acids is 1. The van der Waals surface area contributed by atoms with E-state index in [1.54, 1.807) is 0 Å². The number of nitrogen functional groups attached to an aromatic ring is 1. The van der Waals surface area contributed by atoms with E-state index in [9.17, 15) is 4.79 Å². The van der Waals surface area contributed by atoms with Crippen molar-refractivity contribution in [1.82, 2.24) is 14.9 Å². The van der Waals surface area contributed by atoms with E-state index in [-0.39, 0.29) is 5.92 Å². The zero-order valence-corrected chi connectivity index (χ0v) is 13.7. The molecule has 4 aliphatic rings. The molecule has 1 saturated carbocycles. The Balaban J connectivity index is 1.57. The van der Waals surface area contributed by atoms with E-state index >= 15 is 0 Å². The molecule has 0 unspecified atom stereocenters. The summed E-state index contributed by atoms with van der Waals surface area (Å²) in [6.07, 6.45) is 6.01. The van der Waals surface area contributed by atoms with Crippen molar-refractivity contribution in [2.24, 2.45) is 11.8 Å². The lowest BCUT2D eigenvalue weighted by molar-refractivity contribution is -0.141. The summed E-state index contributed by atoms with van der Waals surface area (Å²) in [5.41, 5.74) is 6.69. The van der Waals surface area contributed by atoms with E-state index in [1.165, 1.54) is 19.3 Å². The smallest absolute Gasteiger partial charge is 0.227 e. The molecule has 1 aliphatic carbocycles. The highest BCUT2D eigenvalue weighted by molar-refractivity contribution is 5.81. The van der Waals surface area contributed by atoms with E-state index < -0.39 is 0 Å². The van der Waals surface area contributed by atoms with Crippen LogP contribution in [0.3, 0.4) is 0 Å². The number of carbonyl (C=O) groups is 1. The standard InChI is InChI=1S/C17H25N5O/c1-11-7-15(20-17(18)19-11)21-9-13-5-6-14(10-21)22(16(13)23)8-12-3-2-4-12/h7,12-14H,2-6,8-10H2,1H3,(H2,18,19,20)/t13-,14+/m0/s1. The highest BCUT2D eigenvalue weighted by atomic mass is 16.2. The highest BCUT2D eigenvalue weighted by Gasteiger charge is 2.42. The molecule has 2 atom stereocenters. The molecule has 0 spiro atoms. The summed E-state index contributed by atoms with van der Waals surface area (Å²) in [4.78, 5) is 25.8. The molecule has 5 rings (SSSR count). The van der Waals surface area contributed by atoms with E-state index in [2.05, 4.69) is 19.8 Å². The van der Waals surface area contributed by atoms with Gasteiger partial charge in [0.15, 0.2) is 0 Å². The number of rotatable bonds is 3. The first-order valence-electron chi connectivity index (χ1n) is 8.77. The van der Waals surface area contributed by atoms with Crippen molar-refractivity contribution in [2.45, 2.75) is 45.1 Å². The van der Waals surface area contributed by atoms with Crippen molar-refractivity contribution < 1.29 is 4.79 Å². The van der Waals surface area contributed by atoms with Crippen LogP contribution < -0.4 is 10.6 Å². The Morgan fingerprint density at radius 2 is 2.04 bits per heavy atom. The summed E-state index contributed by atoms with van der Waals surface area (Å²) in [6.45, 7) is 4.51. The summed E-state index contributed by atoms with van der Waals surface area (Å²) < 4.78 is 0. The maximum Gasteiger partial charge on any atom is 0.227 e. The van der Waals surface area contributed by atoms with E-state index in [0.717, 1.165) is 49.9 Å². The van der Waals surface area contributed by atoms with Gasteiger partial charge in [0.2, 0.25) is 11.9 Å². The first-order chi connectivity index (χ1) is 11.1.